The highest BCUT2D eigenvalue weighted by Crippen LogP contribution is 2.13. The topological polar surface area (TPSA) is 128 Å². The molecule has 0 bridgehead atoms. The lowest BCUT2D eigenvalue weighted by Crippen LogP contribution is -2.27. The molecule has 0 aromatic heterocycles. The summed E-state index contributed by atoms with van der Waals surface area (Å²) in [4.78, 5) is 11.5. The summed E-state index contributed by atoms with van der Waals surface area (Å²) in [6, 6.07) is 0. The van der Waals surface area contributed by atoms with E-state index >= 15 is 0 Å². The van der Waals surface area contributed by atoms with Crippen LogP contribution < -0.4 is 0 Å². The van der Waals surface area contributed by atoms with Crippen LogP contribution in [0.4, 0.5) is 0 Å². The van der Waals surface area contributed by atoms with E-state index in [1.165, 1.54) is 83.5 Å². The van der Waals surface area contributed by atoms with Crippen LogP contribution >= 0.6 is 0 Å². The van der Waals surface area contributed by atoms with Gasteiger partial charge in [-0.15, -0.1) is 0 Å². The van der Waals surface area contributed by atoms with Gasteiger partial charge in [0.05, 0.1) is 132 Å². The van der Waals surface area contributed by atoms with Crippen LogP contribution in [0.15, 0.2) is 0 Å². The number of esters is 1. The van der Waals surface area contributed by atoms with E-state index in [-0.39, 0.29) is 12.6 Å². The Balaban J connectivity index is 3.09. The number of hydrogen-bond acceptors (Lipinski definition) is 13. The Hall–Kier alpha value is -0.970. The lowest BCUT2D eigenvalue weighted by atomic mass is 10.0. The first-order valence-corrected chi connectivity index (χ1v) is 21.5. The molecule has 0 rings (SSSR count). The third-order valence-corrected chi connectivity index (χ3v) is 8.00. The van der Waals surface area contributed by atoms with Gasteiger partial charge in [-0.25, -0.2) is 4.79 Å². The SMILES string of the molecule is CCCCCCCCCCCCCCCCOCCOCCOCCOCCOCCOCCOCCOCCOCCOCCOCC(=O)OC(C)(C)C. The Morgan fingerprint density at radius 3 is 0.782 bits per heavy atom. The van der Waals surface area contributed by atoms with E-state index in [1.54, 1.807) is 0 Å². The van der Waals surface area contributed by atoms with Gasteiger partial charge in [0.2, 0.25) is 0 Å². The molecule has 0 aliphatic rings. The number of ether oxygens (including phenoxy) is 12. The Morgan fingerprint density at radius 2 is 0.527 bits per heavy atom. The normalized spacial score (nSPS) is 11.9. The van der Waals surface area contributed by atoms with Crippen LogP contribution in [0.25, 0.3) is 0 Å². The van der Waals surface area contributed by atoms with Crippen molar-refractivity contribution in [1.82, 2.24) is 0 Å². The number of carbonyl (C=O) groups is 1. The summed E-state index contributed by atoms with van der Waals surface area (Å²) in [7, 11) is 0. The number of carbonyl (C=O) groups excluding carboxylic acids is 1. The Bertz CT molecular complexity index is 739. The summed E-state index contributed by atoms with van der Waals surface area (Å²) in [5, 5.41) is 0. The van der Waals surface area contributed by atoms with Gasteiger partial charge in [0.15, 0.2) is 0 Å². The minimum absolute atomic E-state index is 0.0806. The van der Waals surface area contributed by atoms with Gasteiger partial charge in [0.25, 0.3) is 0 Å². The summed E-state index contributed by atoms with van der Waals surface area (Å²) < 4.78 is 65.5. The quantitative estimate of drug-likeness (QED) is 0.0464. The van der Waals surface area contributed by atoms with Crippen molar-refractivity contribution >= 4 is 5.97 Å². The van der Waals surface area contributed by atoms with E-state index in [9.17, 15) is 4.79 Å². The van der Waals surface area contributed by atoms with Crippen molar-refractivity contribution in [1.29, 1.82) is 0 Å². The van der Waals surface area contributed by atoms with Gasteiger partial charge in [-0.05, 0) is 27.2 Å². The van der Waals surface area contributed by atoms with Gasteiger partial charge in [0.1, 0.15) is 12.2 Å². The maximum Gasteiger partial charge on any atom is 0.332 e. The molecule has 13 heteroatoms. The molecule has 0 fully saturated rings. The zero-order valence-corrected chi connectivity index (χ0v) is 35.8. The fourth-order valence-electron chi connectivity index (χ4n) is 5.12. The molecule has 0 N–H and O–H groups in total. The van der Waals surface area contributed by atoms with E-state index in [0.29, 0.717) is 132 Å². The van der Waals surface area contributed by atoms with Gasteiger partial charge in [-0.1, -0.05) is 90.4 Å². The van der Waals surface area contributed by atoms with Crippen molar-refractivity contribution in [3.63, 3.8) is 0 Å². The lowest BCUT2D eigenvalue weighted by Gasteiger charge is -2.19. The highest BCUT2D eigenvalue weighted by Gasteiger charge is 2.15. The molecule has 0 saturated carbocycles. The van der Waals surface area contributed by atoms with E-state index in [0.717, 1.165) is 13.0 Å². The molecular weight excluding hydrogens is 712 g/mol. The second-order valence-corrected chi connectivity index (χ2v) is 14.4. The Morgan fingerprint density at radius 1 is 0.309 bits per heavy atom. The van der Waals surface area contributed by atoms with Crippen LogP contribution in [0, 0.1) is 0 Å². The van der Waals surface area contributed by atoms with E-state index in [1.807, 2.05) is 20.8 Å². The van der Waals surface area contributed by atoms with Crippen LogP contribution in [0.3, 0.4) is 0 Å². The molecule has 0 aliphatic heterocycles. The predicted octanol–water partition coefficient (Wildman–Crippen LogP) is 6.99. The number of hydrogen-bond donors (Lipinski definition) is 0. The smallest absolute Gasteiger partial charge is 0.332 e. The average Bonchev–Trinajstić information content (AvgIpc) is 3.15. The maximum atomic E-state index is 11.5. The molecule has 0 amide bonds. The van der Waals surface area contributed by atoms with Crippen molar-refractivity contribution in [2.45, 2.75) is 123 Å². The molecule has 0 atom stereocenters. The van der Waals surface area contributed by atoms with Crippen molar-refractivity contribution < 1.29 is 61.6 Å². The first-order valence-electron chi connectivity index (χ1n) is 21.5. The van der Waals surface area contributed by atoms with Gasteiger partial charge in [0, 0.05) is 6.61 Å². The summed E-state index contributed by atoms with van der Waals surface area (Å²) in [5.41, 5.74) is -0.510. The zero-order chi connectivity index (χ0) is 40.0. The van der Waals surface area contributed by atoms with Crippen LogP contribution in [0.5, 0.6) is 0 Å². The lowest BCUT2D eigenvalue weighted by molar-refractivity contribution is -0.160. The first-order chi connectivity index (χ1) is 27.0. The number of rotatable bonds is 47. The molecule has 0 radical (unpaired) electrons. The zero-order valence-electron chi connectivity index (χ0n) is 35.8. The van der Waals surface area contributed by atoms with E-state index in [4.69, 9.17) is 56.8 Å². The molecule has 0 aliphatic carbocycles. The van der Waals surface area contributed by atoms with Crippen molar-refractivity contribution in [2.24, 2.45) is 0 Å². The highest BCUT2D eigenvalue weighted by atomic mass is 16.6. The largest absolute Gasteiger partial charge is 0.458 e. The van der Waals surface area contributed by atoms with Gasteiger partial charge >= 0.3 is 5.97 Å². The van der Waals surface area contributed by atoms with Crippen molar-refractivity contribution in [3.05, 3.63) is 0 Å². The van der Waals surface area contributed by atoms with Crippen LogP contribution in [0.2, 0.25) is 0 Å². The van der Waals surface area contributed by atoms with Gasteiger partial charge < -0.3 is 56.8 Å². The standard InChI is InChI=1S/C42H84O13/c1-5-6-7-8-9-10-11-12-13-14-15-16-17-18-19-44-20-21-45-22-23-46-24-25-47-26-27-48-28-29-49-30-31-50-32-33-51-34-35-52-36-37-53-38-39-54-40-41(43)55-42(2,3)4/h5-40H2,1-4H3. The second-order valence-electron chi connectivity index (χ2n) is 14.4. The third kappa shape index (κ3) is 51.0. The fourth-order valence-corrected chi connectivity index (χ4v) is 5.12. The first kappa shape index (κ1) is 54.0. The minimum atomic E-state index is -0.510. The monoisotopic (exact) mass is 797 g/mol. The molecule has 55 heavy (non-hydrogen) atoms. The molecule has 0 spiro atoms. The highest BCUT2D eigenvalue weighted by molar-refractivity contribution is 5.71. The minimum Gasteiger partial charge on any atom is -0.458 e. The molecular formula is C42H84O13. The fraction of sp³-hybridized carbons (Fsp3) is 0.976. The molecule has 330 valence electrons. The summed E-state index contributed by atoms with van der Waals surface area (Å²) in [5.74, 6) is -0.384. The van der Waals surface area contributed by atoms with Crippen LogP contribution in [-0.2, 0) is 61.6 Å². The maximum absolute atomic E-state index is 11.5. The van der Waals surface area contributed by atoms with Gasteiger partial charge in [-0.2, -0.15) is 0 Å². The summed E-state index contributed by atoms with van der Waals surface area (Å²) in [6.45, 7) is 18.5. The van der Waals surface area contributed by atoms with E-state index < -0.39 is 5.60 Å². The third-order valence-electron chi connectivity index (χ3n) is 8.00. The predicted molar refractivity (Wildman–Crippen MR) is 215 cm³/mol. The molecule has 13 nitrogen and oxygen atoms in total. The Labute approximate surface area is 335 Å². The number of unbranched alkanes of at least 4 members (excludes halogenated alkanes) is 13. The molecule has 0 aromatic carbocycles. The van der Waals surface area contributed by atoms with Crippen LogP contribution in [-0.4, -0.2) is 157 Å². The molecule has 0 aromatic rings. The van der Waals surface area contributed by atoms with Gasteiger partial charge in [-0.3, -0.25) is 0 Å². The molecule has 0 saturated heterocycles. The average molecular weight is 797 g/mol. The summed E-state index contributed by atoms with van der Waals surface area (Å²) in [6.07, 6.45) is 19.2. The van der Waals surface area contributed by atoms with E-state index in [2.05, 4.69) is 6.92 Å². The molecule has 0 heterocycles. The molecule has 0 unspecified atom stereocenters. The van der Waals surface area contributed by atoms with Crippen LogP contribution in [0.1, 0.15) is 118 Å². The van der Waals surface area contributed by atoms with Crippen molar-refractivity contribution in [3.8, 4) is 0 Å². The second kappa shape index (κ2) is 45.7. The summed E-state index contributed by atoms with van der Waals surface area (Å²) >= 11 is 0. The van der Waals surface area contributed by atoms with Crippen molar-refractivity contribution in [2.75, 3.05) is 145 Å². The Kier molecular flexibility index (Phi) is 44.9.